The van der Waals surface area contributed by atoms with Gasteiger partial charge in [0.05, 0.1) is 17.4 Å². The highest BCUT2D eigenvalue weighted by Gasteiger charge is 2.15. The van der Waals surface area contributed by atoms with Crippen LogP contribution in [0.15, 0.2) is 12.1 Å². The zero-order valence-corrected chi connectivity index (χ0v) is 8.21. The predicted molar refractivity (Wildman–Crippen MR) is 52.2 cm³/mol. The molecule has 0 aliphatic carbocycles. The number of hydrogen-bond donors (Lipinski definition) is 0. The molecular weight excluding hydrogens is 204 g/mol. The fraction of sp³-hybridized carbons (Fsp3) is 0.222. The molecule has 72 valence electrons. The van der Waals surface area contributed by atoms with Crippen LogP contribution in [0.3, 0.4) is 0 Å². The summed E-state index contributed by atoms with van der Waals surface area (Å²) in [4.78, 5) is 10.1. The van der Waals surface area contributed by atoms with Crippen LogP contribution in [-0.4, -0.2) is 4.92 Å². The summed E-state index contributed by atoms with van der Waals surface area (Å²) in [6.07, 6.45) is 0.0896. The maximum atomic E-state index is 10.6. The van der Waals surface area contributed by atoms with Gasteiger partial charge in [0.1, 0.15) is 0 Å². The minimum Gasteiger partial charge on any atom is -0.258 e. The average Bonchev–Trinajstić information content (AvgIpc) is 2.11. The Morgan fingerprint density at radius 1 is 1.64 bits per heavy atom. The van der Waals surface area contributed by atoms with E-state index in [-0.39, 0.29) is 12.1 Å². The van der Waals surface area contributed by atoms with Gasteiger partial charge in [-0.1, -0.05) is 11.6 Å². The van der Waals surface area contributed by atoms with Crippen LogP contribution in [0.5, 0.6) is 0 Å². The van der Waals surface area contributed by atoms with E-state index in [1.54, 1.807) is 6.92 Å². The Hall–Kier alpha value is -1.60. The number of halogens is 1. The highest BCUT2D eigenvalue weighted by Crippen LogP contribution is 2.27. The topological polar surface area (TPSA) is 66.9 Å². The molecule has 0 amide bonds. The molecule has 0 atom stereocenters. The maximum Gasteiger partial charge on any atom is 0.272 e. The summed E-state index contributed by atoms with van der Waals surface area (Å²) in [7, 11) is 0. The van der Waals surface area contributed by atoms with Gasteiger partial charge in [0, 0.05) is 16.7 Å². The molecule has 4 nitrogen and oxygen atoms in total. The molecule has 1 aromatic carbocycles. The number of hydrogen-bond acceptors (Lipinski definition) is 3. The third-order valence-electron chi connectivity index (χ3n) is 1.97. The highest BCUT2D eigenvalue weighted by molar-refractivity contribution is 6.31. The fourth-order valence-electron chi connectivity index (χ4n) is 1.21. The Kier molecular flexibility index (Phi) is 3.05. The molecule has 0 radical (unpaired) electrons. The summed E-state index contributed by atoms with van der Waals surface area (Å²) >= 11 is 5.81. The Balaban J connectivity index is 3.35. The molecule has 0 spiro atoms. The molecule has 0 aromatic heterocycles. The monoisotopic (exact) mass is 210 g/mol. The SMILES string of the molecule is Cc1c([N+](=O)[O-])ccc(Cl)c1CC#N. The largest absolute Gasteiger partial charge is 0.272 e. The van der Waals surface area contributed by atoms with Gasteiger partial charge in [0.25, 0.3) is 5.69 Å². The maximum absolute atomic E-state index is 10.6. The van der Waals surface area contributed by atoms with Crippen molar-refractivity contribution in [2.24, 2.45) is 0 Å². The number of rotatable bonds is 2. The highest BCUT2D eigenvalue weighted by atomic mass is 35.5. The zero-order valence-electron chi connectivity index (χ0n) is 7.45. The molecular formula is C9H7ClN2O2. The van der Waals surface area contributed by atoms with E-state index in [1.807, 2.05) is 6.07 Å². The first kappa shape index (κ1) is 10.5. The molecule has 0 aliphatic rings. The van der Waals surface area contributed by atoms with Crippen molar-refractivity contribution in [1.29, 1.82) is 5.26 Å². The van der Waals surface area contributed by atoms with Crippen LogP contribution in [0.1, 0.15) is 11.1 Å². The number of nitriles is 1. The number of nitro benzene ring substituents is 1. The smallest absolute Gasteiger partial charge is 0.258 e. The zero-order chi connectivity index (χ0) is 10.7. The number of nitrogens with zero attached hydrogens (tertiary/aromatic N) is 2. The van der Waals surface area contributed by atoms with E-state index < -0.39 is 4.92 Å². The van der Waals surface area contributed by atoms with E-state index >= 15 is 0 Å². The third kappa shape index (κ3) is 1.83. The molecule has 14 heavy (non-hydrogen) atoms. The number of nitro groups is 1. The minimum atomic E-state index is -0.480. The third-order valence-corrected chi connectivity index (χ3v) is 2.32. The van der Waals surface area contributed by atoms with Crippen molar-refractivity contribution in [2.45, 2.75) is 13.3 Å². The molecule has 1 rings (SSSR count). The Bertz CT molecular complexity index is 424. The van der Waals surface area contributed by atoms with E-state index in [1.165, 1.54) is 12.1 Å². The Morgan fingerprint density at radius 3 is 2.79 bits per heavy atom. The van der Waals surface area contributed by atoms with E-state index in [0.717, 1.165) is 0 Å². The van der Waals surface area contributed by atoms with Gasteiger partial charge in [-0.3, -0.25) is 10.1 Å². The van der Waals surface area contributed by atoms with Crippen molar-refractivity contribution in [2.75, 3.05) is 0 Å². The normalized spacial score (nSPS) is 9.50. The minimum absolute atomic E-state index is 0.000324. The van der Waals surface area contributed by atoms with Crippen molar-refractivity contribution < 1.29 is 4.92 Å². The molecule has 0 aliphatic heterocycles. The summed E-state index contributed by atoms with van der Waals surface area (Å²) in [5.74, 6) is 0. The molecule has 0 fully saturated rings. The van der Waals surface area contributed by atoms with Crippen molar-refractivity contribution in [1.82, 2.24) is 0 Å². The molecule has 5 heteroatoms. The quantitative estimate of drug-likeness (QED) is 0.557. The van der Waals surface area contributed by atoms with Crippen molar-refractivity contribution in [3.05, 3.63) is 38.4 Å². The lowest BCUT2D eigenvalue weighted by Crippen LogP contribution is -1.96. The van der Waals surface area contributed by atoms with Crippen LogP contribution in [0.2, 0.25) is 5.02 Å². The molecule has 0 N–H and O–H groups in total. The lowest BCUT2D eigenvalue weighted by atomic mass is 10.0. The lowest BCUT2D eigenvalue weighted by molar-refractivity contribution is -0.385. The van der Waals surface area contributed by atoms with E-state index in [0.29, 0.717) is 16.1 Å². The summed E-state index contributed by atoms with van der Waals surface area (Å²) in [5.41, 5.74) is 0.993. The standard InChI is InChI=1S/C9H7ClN2O2/c1-6-7(4-5-11)8(10)2-3-9(6)12(13)14/h2-3H,4H2,1H3. The van der Waals surface area contributed by atoms with Gasteiger partial charge in [-0.05, 0) is 18.6 Å². The van der Waals surface area contributed by atoms with Gasteiger partial charge >= 0.3 is 0 Å². The van der Waals surface area contributed by atoms with E-state index in [9.17, 15) is 10.1 Å². The first-order valence-corrected chi connectivity index (χ1v) is 4.25. The first-order valence-electron chi connectivity index (χ1n) is 3.87. The van der Waals surface area contributed by atoms with Crippen molar-refractivity contribution in [3.63, 3.8) is 0 Å². The van der Waals surface area contributed by atoms with Gasteiger partial charge < -0.3 is 0 Å². The van der Waals surface area contributed by atoms with Crippen LogP contribution in [0.25, 0.3) is 0 Å². The Morgan fingerprint density at radius 2 is 2.29 bits per heavy atom. The lowest BCUT2D eigenvalue weighted by Gasteiger charge is -2.04. The second-order valence-electron chi connectivity index (χ2n) is 2.76. The molecule has 1 aromatic rings. The first-order chi connectivity index (χ1) is 6.57. The second-order valence-corrected chi connectivity index (χ2v) is 3.17. The van der Waals surface area contributed by atoms with Crippen LogP contribution in [-0.2, 0) is 6.42 Å². The van der Waals surface area contributed by atoms with Crippen LogP contribution in [0.4, 0.5) is 5.69 Å². The van der Waals surface area contributed by atoms with Gasteiger partial charge in [-0.25, -0.2) is 0 Å². The molecule has 0 bridgehead atoms. The predicted octanol–water partition coefficient (Wildman–Crippen LogP) is 2.62. The summed E-state index contributed by atoms with van der Waals surface area (Å²) in [5, 5.41) is 19.5. The summed E-state index contributed by atoms with van der Waals surface area (Å²) in [6.45, 7) is 1.59. The van der Waals surface area contributed by atoms with Crippen LogP contribution < -0.4 is 0 Å². The summed E-state index contributed by atoms with van der Waals surface area (Å²) in [6, 6.07) is 4.71. The van der Waals surface area contributed by atoms with Crippen LogP contribution in [0, 0.1) is 28.4 Å². The van der Waals surface area contributed by atoms with E-state index in [2.05, 4.69) is 0 Å². The van der Waals surface area contributed by atoms with Gasteiger partial charge in [-0.2, -0.15) is 5.26 Å². The van der Waals surface area contributed by atoms with Crippen molar-refractivity contribution in [3.8, 4) is 6.07 Å². The second kappa shape index (κ2) is 4.07. The fourth-order valence-corrected chi connectivity index (χ4v) is 1.48. The van der Waals surface area contributed by atoms with Gasteiger partial charge in [-0.15, -0.1) is 0 Å². The summed E-state index contributed by atoms with van der Waals surface area (Å²) < 4.78 is 0. The molecule has 0 saturated carbocycles. The Labute approximate surface area is 85.9 Å². The molecule has 0 saturated heterocycles. The molecule has 0 unspecified atom stereocenters. The van der Waals surface area contributed by atoms with Crippen LogP contribution >= 0.6 is 11.6 Å². The number of benzene rings is 1. The average molecular weight is 211 g/mol. The van der Waals surface area contributed by atoms with Gasteiger partial charge in [0.15, 0.2) is 0 Å². The van der Waals surface area contributed by atoms with Gasteiger partial charge in [0.2, 0.25) is 0 Å². The molecule has 0 heterocycles. The van der Waals surface area contributed by atoms with E-state index in [4.69, 9.17) is 16.9 Å². The van der Waals surface area contributed by atoms with Crippen molar-refractivity contribution >= 4 is 17.3 Å².